The van der Waals surface area contributed by atoms with E-state index in [2.05, 4.69) is 5.10 Å². The monoisotopic (exact) mass is 271 g/mol. The van der Waals surface area contributed by atoms with Crippen molar-refractivity contribution in [1.29, 1.82) is 0 Å². The number of aliphatic hydroxyl groups excluding tert-OH is 1. The summed E-state index contributed by atoms with van der Waals surface area (Å²) in [6.07, 6.45) is 4.27. The van der Waals surface area contributed by atoms with Crippen molar-refractivity contribution in [2.24, 2.45) is 18.9 Å². The van der Waals surface area contributed by atoms with Crippen molar-refractivity contribution in [1.82, 2.24) is 14.1 Å². The van der Waals surface area contributed by atoms with Crippen LogP contribution in [-0.4, -0.2) is 46.8 Å². The van der Waals surface area contributed by atoms with E-state index in [4.69, 9.17) is 0 Å². The van der Waals surface area contributed by atoms with Crippen molar-refractivity contribution in [3.05, 3.63) is 12.4 Å². The normalized spacial score (nSPS) is 32.9. The molecule has 3 atom stereocenters. The van der Waals surface area contributed by atoms with Crippen molar-refractivity contribution in [2.75, 3.05) is 13.1 Å². The molecule has 0 amide bonds. The molecule has 18 heavy (non-hydrogen) atoms. The van der Waals surface area contributed by atoms with Gasteiger partial charge in [0.15, 0.2) is 0 Å². The lowest BCUT2D eigenvalue weighted by atomic mass is 10.00. The first-order chi connectivity index (χ1) is 8.48. The second kappa shape index (κ2) is 4.04. The van der Waals surface area contributed by atoms with Gasteiger partial charge in [-0.1, -0.05) is 0 Å². The van der Waals surface area contributed by atoms with Gasteiger partial charge in [0, 0.05) is 32.3 Å². The van der Waals surface area contributed by atoms with Crippen LogP contribution in [0, 0.1) is 11.8 Å². The third kappa shape index (κ3) is 1.77. The Balaban J connectivity index is 1.84. The van der Waals surface area contributed by atoms with Gasteiger partial charge in [-0.05, 0) is 18.8 Å². The minimum absolute atomic E-state index is 0.108. The molecule has 1 saturated heterocycles. The van der Waals surface area contributed by atoms with Crippen molar-refractivity contribution in [3.63, 3.8) is 0 Å². The molecule has 0 bridgehead atoms. The maximum absolute atomic E-state index is 12.4. The van der Waals surface area contributed by atoms with Crippen LogP contribution in [-0.2, 0) is 17.1 Å². The van der Waals surface area contributed by atoms with Gasteiger partial charge in [0.25, 0.3) is 0 Å². The smallest absolute Gasteiger partial charge is 0.246 e. The van der Waals surface area contributed by atoms with Crippen LogP contribution in [0.2, 0.25) is 0 Å². The van der Waals surface area contributed by atoms with E-state index in [1.54, 1.807) is 7.05 Å². The Morgan fingerprint density at radius 1 is 1.39 bits per heavy atom. The molecule has 1 aromatic heterocycles. The topological polar surface area (TPSA) is 75.4 Å². The van der Waals surface area contributed by atoms with Crippen LogP contribution in [0.4, 0.5) is 0 Å². The number of aryl methyl sites for hydroxylation is 1. The molecule has 100 valence electrons. The Kier molecular flexibility index (Phi) is 2.72. The fourth-order valence-corrected chi connectivity index (χ4v) is 4.59. The first-order valence-corrected chi connectivity index (χ1v) is 7.59. The number of nitrogens with zero attached hydrogens (tertiary/aromatic N) is 3. The molecule has 0 spiro atoms. The number of hydrogen-bond donors (Lipinski definition) is 1. The van der Waals surface area contributed by atoms with Gasteiger partial charge in [0.05, 0.1) is 12.3 Å². The van der Waals surface area contributed by atoms with E-state index in [-0.39, 0.29) is 16.9 Å². The van der Waals surface area contributed by atoms with Crippen molar-refractivity contribution in [2.45, 2.75) is 23.8 Å². The molecule has 1 aromatic rings. The van der Waals surface area contributed by atoms with Crippen LogP contribution < -0.4 is 0 Å². The summed E-state index contributed by atoms with van der Waals surface area (Å²) in [6.45, 7) is 0.960. The molecule has 0 radical (unpaired) electrons. The zero-order valence-corrected chi connectivity index (χ0v) is 11.0. The highest BCUT2D eigenvalue weighted by molar-refractivity contribution is 7.89. The van der Waals surface area contributed by atoms with Gasteiger partial charge in [-0.3, -0.25) is 4.68 Å². The summed E-state index contributed by atoms with van der Waals surface area (Å²) in [5.41, 5.74) is 0. The van der Waals surface area contributed by atoms with E-state index in [0.29, 0.717) is 19.0 Å². The highest BCUT2D eigenvalue weighted by Gasteiger charge is 2.45. The van der Waals surface area contributed by atoms with Crippen LogP contribution in [0.5, 0.6) is 0 Å². The largest absolute Gasteiger partial charge is 0.393 e. The van der Waals surface area contributed by atoms with Crippen molar-refractivity contribution < 1.29 is 13.5 Å². The van der Waals surface area contributed by atoms with Crippen LogP contribution in [0.1, 0.15) is 12.8 Å². The summed E-state index contributed by atoms with van der Waals surface area (Å²) in [6, 6.07) is 0. The van der Waals surface area contributed by atoms with E-state index in [1.165, 1.54) is 21.4 Å². The molecule has 1 aliphatic heterocycles. The third-order valence-corrected chi connectivity index (χ3v) is 5.89. The second-order valence-corrected chi connectivity index (χ2v) is 7.18. The number of rotatable bonds is 2. The summed E-state index contributed by atoms with van der Waals surface area (Å²) in [5, 5.41) is 13.7. The summed E-state index contributed by atoms with van der Waals surface area (Å²) in [7, 11) is -1.75. The van der Waals surface area contributed by atoms with Crippen LogP contribution in [0.3, 0.4) is 0 Å². The van der Waals surface area contributed by atoms with Gasteiger partial charge in [-0.25, -0.2) is 8.42 Å². The number of aliphatic hydroxyl groups is 1. The average molecular weight is 271 g/mol. The van der Waals surface area contributed by atoms with Gasteiger partial charge < -0.3 is 5.11 Å². The standard InChI is InChI=1S/C11H17N3O3S/c1-13-6-9(4-12-13)18(16,17)14-5-8-2-3-11(15)10(8)7-14/h4,6,8,10-11,15H,2-3,5,7H2,1H3. The molecule has 7 heteroatoms. The minimum atomic E-state index is -3.44. The van der Waals surface area contributed by atoms with Crippen molar-refractivity contribution >= 4 is 10.0 Å². The number of fused-ring (bicyclic) bond motifs is 1. The van der Waals surface area contributed by atoms with Gasteiger partial charge >= 0.3 is 0 Å². The third-order valence-electron chi connectivity index (χ3n) is 4.10. The second-order valence-electron chi connectivity index (χ2n) is 5.24. The quantitative estimate of drug-likeness (QED) is 0.809. The lowest BCUT2D eigenvalue weighted by Gasteiger charge is -2.17. The minimum Gasteiger partial charge on any atom is -0.393 e. The zero-order valence-electron chi connectivity index (χ0n) is 10.2. The number of aromatic nitrogens is 2. The Morgan fingerprint density at radius 3 is 2.78 bits per heavy atom. The van der Waals surface area contributed by atoms with E-state index in [9.17, 15) is 13.5 Å². The Hall–Kier alpha value is -0.920. The lowest BCUT2D eigenvalue weighted by molar-refractivity contribution is 0.129. The predicted molar refractivity (Wildman–Crippen MR) is 64.2 cm³/mol. The number of hydrogen-bond acceptors (Lipinski definition) is 4. The molecule has 2 fully saturated rings. The maximum atomic E-state index is 12.4. The molecule has 1 aliphatic carbocycles. The Labute approximate surface area is 106 Å². The van der Waals surface area contributed by atoms with Gasteiger partial charge in [0.1, 0.15) is 4.90 Å². The molecule has 1 saturated carbocycles. The SMILES string of the molecule is Cn1cc(S(=O)(=O)N2CC3CCC(O)C3C2)cn1. The van der Waals surface area contributed by atoms with E-state index < -0.39 is 10.0 Å². The van der Waals surface area contributed by atoms with Crippen molar-refractivity contribution in [3.8, 4) is 0 Å². The van der Waals surface area contributed by atoms with E-state index in [0.717, 1.165) is 12.8 Å². The molecule has 6 nitrogen and oxygen atoms in total. The molecule has 1 N–H and O–H groups in total. The molecular formula is C11H17N3O3S. The molecule has 2 heterocycles. The van der Waals surface area contributed by atoms with Gasteiger partial charge in [0.2, 0.25) is 10.0 Å². The molecule has 3 unspecified atom stereocenters. The average Bonchev–Trinajstić information content (AvgIpc) is 2.96. The van der Waals surface area contributed by atoms with E-state index in [1.807, 2.05) is 0 Å². The van der Waals surface area contributed by atoms with Crippen LogP contribution in [0.25, 0.3) is 0 Å². The highest BCUT2D eigenvalue weighted by Crippen LogP contribution is 2.39. The van der Waals surface area contributed by atoms with Crippen LogP contribution in [0.15, 0.2) is 17.3 Å². The Bertz CT molecular complexity index is 554. The molecular weight excluding hydrogens is 254 g/mol. The van der Waals surface area contributed by atoms with E-state index >= 15 is 0 Å². The first-order valence-electron chi connectivity index (χ1n) is 6.15. The lowest BCUT2D eigenvalue weighted by Crippen LogP contribution is -2.31. The fraction of sp³-hybridized carbons (Fsp3) is 0.727. The maximum Gasteiger partial charge on any atom is 0.246 e. The first kappa shape index (κ1) is 12.1. The molecule has 3 rings (SSSR count). The molecule has 0 aromatic carbocycles. The van der Waals surface area contributed by atoms with Gasteiger partial charge in [-0.2, -0.15) is 9.40 Å². The fourth-order valence-electron chi connectivity index (χ4n) is 3.07. The Morgan fingerprint density at radius 2 is 2.17 bits per heavy atom. The predicted octanol–water partition coefficient (Wildman–Crippen LogP) is -0.189. The summed E-state index contributed by atoms with van der Waals surface area (Å²) < 4.78 is 27.7. The molecule has 2 aliphatic rings. The van der Waals surface area contributed by atoms with Crippen LogP contribution >= 0.6 is 0 Å². The zero-order chi connectivity index (χ0) is 12.9. The highest BCUT2D eigenvalue weighted by atomic mass is 32.2. The number of sulfonamides is 1. The van der Waals surface area contributed by atoms with Gasteiger partial charge in [-0.15, -0.1) is 0 Å². The summed E-state index contributed by atoms with van der Waals surface area (Å²) in [4.78, 5) is 0.236. The summed E-state index contributed by atoms with van der Waals surface area (Å²) >= 11 is 0. The summed E-state index contributed by atoms with van der Waals surface area (Å²) in [5.74, 6) is 0.419.